The Hall–Kier alpha value is -0.700. The SMILES string of the molecule is CC(=O)CC[C@@]1(C)C(=O)CC[C@@H]1[C@H](C)OCCC(C)C. The summed E-state index contributed by atoms with van der Waals surface area (Å²) in [4.78, 5) is 23.5. The molecule has 3 nitrogen and oxygen atoms in total. The summed E-state index contributed by atoms with van der Waals surface area (Å²) in [5, 5.41) is 0. The Bertz CT molecular complexity index is 348. The Balaban J connectivity index is 2.61. The van der Waals surface area contributed by atoms with Gasteiger partial charge in [-0.1, -0.05) is 20.8 Å². The van der Waals surface area contributed by atoms with E-state index in [0.717, 1.165) is 19.4 Å². The fourth-order valence-electron chi connectivity index (χ4n) is 3.22. The lowest BCUT2D eigenvalue weighted by Crippen LogP contribution is -2.36. The standard InChI is InChI=1S/C17H30O3/c1-12(2)9-11-20-14(4)15-6-7-16(19)17(15,5)10-8-13(3)18/h12,14-15H,6-11H2,1-5H3/t14-,15+,17+/m0/s1. The first-order valence-electron chi connectivity index (χ1n) is 7.91. The van der Waals surface area contributed by atoms with Gasteiger partial charge in [0.2, 0.25) is 0 Å². The molecule has 0 aliphatic heterocycles. The number of carbonyl (C=O) groups excluding carboxylic acids is 2. The molecule has 3 atom stereocenters. The second kappa shape index (κ2) is 7.35. The van der Waals surface area contributed by atoms with Gasteiger partial charge in [-0.25, -0.2) is 0 Å². The van der Waals surface area contributed by atoms with Gasteiger partial charge in [0, 0.05) is 24.9 Å². The molecule has 0 bridgehead atoms. The number of ketones is 2. The van der Waals surface area contributed by atoms with Crippen LogP contribution in [0, 0.1) is 17.3 Å². The van der Waals surface area contributed by atoms with Crippen LogP contribution in [0.25, 0.3) is 0 Å². The Morgan fingerprint density at radius 2 is 2.05 bits per heavy atom. The summed E-state index contributed by atoms with van der Waals surface area (Å²) in [6.45, 7) is 10.8. The van der Waals surface area contributed by atoms with Crippen LogP contribution < -0.4 is 0 Å². The van der Waals surface area contributed by atoms with Crippen molar-refractivity contribution in [1.29, 1.82) is 0 Å². The van der Waals surface area contributed by atoms with Crippen LogP contribution in [-0.2, 0) is 14.3 Å². The van der Waals surface area contributed by atoms with Crippen LogP contribution in [0.3, 0.4) is 0 Å². The van der Waals surface area contributed by atoms with Crippen molar-refractivity contribution in [3.63, 3.8) is 0 Å². The van der Waals surface area contributed by atoms with E-state index in [0.29, 0.717) is 31.0 Å². The summed E-state index contributed by atoms with van der Waals surface area (Å²) in [6.07, 6.45) is 3.85. The van der Waals surface area contributed by atoms with Gasteiger partial charge in [0.15, 0.2) is 0 Å². The minimum absolute atomic E-state index is 0.0946. The normalized spacial score (nSPS) is 28.1. The van der Waals surface area contributed by atoms with Crippen molar-refractivity contribution >= 4 is 11.6 Å². The second-order valence-electron chi connectivity index (χ2n) is 6.95. The van der Waals surface area contributed by atoms with Crippen molar-refractivity contribution in [1.82, 2.24) is 0 Å². The maximum atomic E-state index is 12.2. The number of Topliss-reactive ketones (excluding diaryl/α,β-unsaturated/α-hetero) is 2. The van der Waals surface area contributed by atoms with Crippen LogP contribution in [0.1, 0.15) is 66.7 Å². The van der Waals surface area contributed by atoms with E-state index in [9.17, 15) is 9.59 Å². The van der Waals surface area contributed by atoms with Gasteiger partial charge >= 0.3 is 0 Å². The summed E-state index contributed by atoms with van der Waals surface area (Å²) in [5.41, 5.74) is -0.372. The molecule has 0 spiro atoms. The van der Waals surface area contributed by atoms with Gasteiger partial charge in [-0.3, -0.25) is 4.79 Å². The Kier molecular flexibility index (Phi) is 6.38. The molecule has 1 fully saturated rings. The fraction of sp³-hybridized carbons (Fsp3) is 0.882. The molecule has 0 aromatic heterocycles. The predicted molar refractivity (Wildman–Crippen MR) is 80.6 cm³/mol. The molecular weight excluding hydrogens is 252 g/mol. The van der Waals surface area contributed by atoms with E-state index in [4.69, 9.17) is 4.74 Å². The van der Waals surface area contributed by atoms with Crippen LogP contribution in [0.5, 0.6) is 0 Å². The molecule has 0 saturated heterocycles. The number of carbonyl (C=O) groups is 2. The Morgan fingerprint density at radius 1 is 1.40 bits per heavy atom. The van der Waals surface area contributed by atoms with E-state index in [1.54, 1.807) is 6.92 Å². The second-order valence-corrected chi connectivity index (χ2v) is 6.95. The highest BCUT2D eigenvalue weighted by Gasteiger charge is 2.48. The maximum Gasteiger partial charge on any atom is 0.139 e. The first-order valence-corrected chi connectivity index (χ1v) is 7.91. The topological polar surface area (TPSA) is 43.4 Å². The first-order chi connectivity index (χ1) is 9.27. The van der Waals surface area contributed by atoms with E-state index in [1.165, 1.54) is 0 Å². The van der Waals surface area contributed by atoms with Crippen LogP contribution in [0.15, 0.2) is 0 Å². The lowest BCUT2D eigenvalue weighted by atomic mass is 9.73. The molecular formula is C17H30O3. The van der Waals surface area contributed by atoms with Crippen LogP contribution >= 0.6 is 0 Å². The lowest BCUT2D eigenvalue weighted by molar-refractivity contribution is -0.130. The zero-order valence-electron chi connectivity index (χ0n) is 13.7. The van der Waals surface area contributed by atoms with Gasteiger partial charge in [0.1, 0.15) is 11.6 Å². The largest absolute Gasteiger partial charge is 0.378 e. The van der Waals surface area contributed by atoms with Crippen LogP contribution in [-0.4, -0.2) is 24.3 Å². The van der Waals surface area contributed by atoms with Crippen molar-refractivity contribution < 1.29 is 14.3 Å². The van der Waals surface area contributed by atoms with E-state index < -0.39 is 0 Å². The molecule has 0 aromatic rings. The van der Waals surface area contributed by atoms with Gasteiger partial charge < -0.3 is 9.53 Å². The molecule has 0 heterocycles. The summed E-state index contributed by atoms with van der Waals surface area (Å²) in [6, 6.07) is 0. The molecule has 3 heteroatoms. The van der Waals surface area contributed by atoms with Crippen LogP contribution in [0.2, 0.25) is 0 Å². The van der Waals surface area contributed by atoms with Crippen molar-refractivity contribution in [2.24, 2.45) is 17.3 Å². The zero-order chi connectivity index (χ0) is 15.3. The van der Waals surface area contributed by atoms with E-state index >= 15 is 0 Å². The van der Waals surface area contributed by atoms with E-state index in [1.807, 2.05) is 6.92 Å². The molecule has 0 N–H and O–H groups in total. The number of rotatable bonds is 8. The predicted octanol–water partition coefficient (Wildman–Crippen LogP) is 3.79. The van der Waals surface area contributed by atoms with Crippen molar-refractivity contribution in [3.05, 3.63) is 0 Å². The molecule has 1 saturated carbocycles. The van der Waals surface area contributed by atoms with Gasteiger partial charge in [-0.05, 0) is 44.9 Å². The molecule has 1 aliphatic carbocycles. The molecule has 0 aromatic carbocycles. The fourth-order valence-corrected chi connectivity index (χ4v) is 3.22. The van der Waals surface area contributed by atoms with Crippen LogP contribution in [0.4, 0.5) is 0 Å². The van der Waals surface area contributed by atoms with Gasteiger partial charge in [-0.2, -0.15) is 0 Å². The van der Waals surface area contributed by atoms with E-state index in [2.05, 4.69) is 20.8 Å². The minimum atomic E-state index is -0.372. The summed E-state index contributed by atoms with van der Waals surface area (Å²) in [7, 11) is 0. The molecule has 20 heavy (non-hydrogen) atoms. The van der Waals surface area contributed by atoms with Gasteiger partial charge in [-0.15, -0.1) is 0 Å². The highest BCUT2D eigenvalue weighted by atomic mass is 16.5. The number of hydrogen-bond acceptors (Lipinski definition) is 3. The average Bonchev–Trinajstić information content (AvgIpc) is 2.63. The molecule has 0 radical (unpaired) electrons. The van der Waals surface area contributed by atoms with E-state index in [-0.39, 0.29) is 23.2 Å². The molecule has 0 amide bonds. The quantitative estimate of drug-likeness (QED) is 0.680. The summed E-state index contributed by atoms with van der Waals surface area (Å²) < 4.78 is 5.95. The first kappa shape index (κ1) is 17.4. The smallest absolute Gasteiger partial charge is 0.139 e. The lowest BCUT2D eigenvalue weighted by Gasteiger charge is -2.34. The molecule has 1 aliphatic rings. The zero-order valence-corrected chi connectivity index (χ0v) is 13.7. The van der Waals surface area contributed by atoms with Crippen molar-refractivity contribution in [3.8, 4) is 0 Å². The molecule has 1 rings (SSSR count). The number of ether oxygens (including phenoxy) is 1. The summed E-state index contributed by atoms with van der Waals surface area (Å²) >= 11 is 0. The third-order valence-corrected chi connectivity index (χ3v) is 4.78. The average molecular weight is 282 g/mol. The monoisotopic (exact) mass is 282 g/mol. The number of hydrogen-bond donors (Lipinski definition) is 0. The van der Waals surface area contributed by atoms with Gasteiger partial charge in [0.05, 0.1) is 6.10 Å². The van der Waals surface area contributed by atoms with Gasteiger partial charge in [0.25, 0.3) is 0 Å². The molecule has 0 unspecified atom stereocenters. The highest BCUT2D eigenvalue weighted by Crippen LogP contribution is 2.46. The molecule has 116 valence electrons. The summed E-state index contributed by atoms with van der Waals surface area (Å²) in [5.74, 6) is 1.36. The third kappa shape index (κ3) is 4.41. The van der Waals surface area contributed by atoms with Crippen molar-refractivity contribution in [2.45, 2.75) is 72.8 Å². The highest BCUT2D eigenvalue weighted by molar-refractivity contribution is 5.87. The Labute approximate surface area is 123 Å². The Morgan fingerprint density at radius 3 is 2.60 bits per heavy atom. The van der Waals surface area contributed by atoms with Crippen molar-refractivity contribution in [2.75, 3.05) is 6.61 Å². The maximum absolute atomic E-state index is 12.2. The third-order valence-electron chi connectivity index (χ3n) is 4.78. The minimum Gasteiger partial charge on any atom is -0.378 e.